The number of epoxide rings is 1. The molecular formula is C35H49ClN2O9. The van der Waals surface area contributed by atoms with Gasteiger partial charge in [-0.15, -0.1) is 0 Å². The van der Waals surface area contributed by atoms with E-state index in [0.29, 0.717) is 24.3 Å². The van der Waals surface area contributed by atoms with Crippen molar-refractivity contribution in [2.24, 2.45) is 5.92 Å². The lowest BCUT2D eigenvalue weighted by Gasteiger charge is -2.42. The van der Waals surface area contributed by atoms with Crippen LogP contribution in [-0.4, -0.2) is 80.1 Å². The molecule has 0 radical (unpaired) electrons. The number of ether oxygens (including phenoxy) is 5. The van der Waals surface area contributed by atoms with Gasteiger partial charge in [0.1, 0.15) is 34.7 Å². The fraction of sp³-hybridized carbons (Fsp3) is 0.629. The van der Waals surface area contributed by atoms with Crippen LogP contribution in [0.4, 0.5) is 10.5 Å². The summed E-state index contributed by atoms with van der Waals surface area (Å²) in [7, 11) is 4.59. The van der Waals surface area contributed by atoms with Crippen LogP contribution in [-0.2, 0) is 35.0 Å². The third kappa shape index (κ3) is 8.49. The van der Waals surface area contributed by atoms with Crippen molar-refractivity contribution in [1.82, 2.24) is 5.32 Å². The Bertz CT molecular complexity index is 1380. The summed E-state index contributed by atoms with van der Waals surface area (Å²) >= 11 is 6.72. The van der Waals surface area contributed by atoms with E-state index in [1.807, 2.05) is 32.1 Å². The molecule has 3 aliphatic heterocycles. The molecule has 7 atom stereocenters. The van der Waals surface area contributed by atoms with Crippen LogP contribution in [0.3, 0.4) is 0 Å². The van der Waals surface area contributed by atoms with Crippen LogP contribution in [0, 0.1) is 5.92 Å². The number of aliphatic hydroxyl groups is 1. The number of carbonyl (C=O) groups excluding carboxylic acids is 3. The van der Waals surface area contributed by atoms with Crippen molar-refractivity contribution in [2.75, 3.05) is 26.2 Å². The molecule has 2 fully saturated rings. The highest BCUT2D eigenvalue weighted by atomic mass is 35.5. The Morgan fingerprint density at radius 2 is 1.96 bits per heavy atom. The van der Waals surface area contributed by atoms with Crippen LogP contribution in [0.5, 0.6) is 5.75 Å². The number of hydrogen-bond acceptors (Lipinski definition) is 9. The maximum absolute atomic E-state index is 13.9. The molecule has 12 heteroatoms. The molecule has 0 spiro atoms. The number of fused-ring (bicyclic) bond motifs is 5. The lowest BCUT2D eigenvalue weighted by atomic mass is 9.83. The number of carbonyl (C=O) groups is 3. The van der Waals surface area contributed by atoms with Crippen molar-refractivity contribution < 1.29 is 43.2 Å². The Balaban J connectivity index is 1.74. The summed E-state index contributed by atoms with van der Waals surface area (Å²) in [6.07, 6.45) is 5.59. The van der Waals surface area contributed by atoms with Gasteiger partial charge in [0.05, 0.1) is 25.3 Å². The van der Waals surface area contributed by atoms with E-state index >= 15 is 0 Å². The predicted molar refractivity (Wildman–Crippen MR) is 177 cm³/mol. The average molecular weight is 677 g/mol. The number of amides is 2. The van der Waals surface area contributed by atoms with E-state index in [1.165, 1.54) is 19.1 Å². The fourth-order valence-corrected chi connectivity index (χ4v) is 6.83. The molecule has 0 saturated carbocycles. The Kier molecular flexibility index (Phi) is 12.0. The van der Waals surface area contributed by atoms with Crippen molar-refractivity contribution in [3.63, 3.8) is 0 Å². The molecule has 0 aliphatic carbocycles. The monoisotopic (exact) mass is 676 g/mol. The minimum atomic E-state index is -1.77. The zero-order chi connectivity index (χ0) is 34.5. The molecule has 3 heterocycles. The minimum absolute atomic E-state index is 0.00900. The number of benzene rings is 1. The van der Waals surface area contributed by atoms with E-state index < -0.39 is 53.7 Å². The number of alkyl carbamates (subject to hydrolysis) is 1. The summed E-state index contributed by atoms with van der Waals surface area (Å²) in [5.74, 6) is -0.766. The minimum Gasteiger partial charge on any atom is -0.495 e. The summed E-state index contributed by atoms with van der Waals surface area (Å²) in [5.41, 5.74) is -0.556. The van der Waals surface area contributed by atoms with Crippen LogP contribution < -0.4 is 15.0 Å². The average Bonchev–Trinajstić information content (AvgIpc) is 3.72. The van der Waals surface area contributed by atoms with Gasteiger partial charge in [0.25, 0.3) is 0 Å². The first-order chi connectivity index (χ1) is 22.3. The second kappa shape index (κ2) is 15.4. The molecule has 2 saturated heterocycles. The van der Waals surface area contributed by atoms with Gasteiger partial charge in [0.15, 0.2) is 5.72 Å². The largest absolute Gasteiger partial charge is 0.495 e. The van der Waals surface area contributed by atoms with Crippen LogP contribution in [0.15, 0.2) is 35.9 Å². The van der Waals surface area contributed by atoms with Crippen molar-refractivity contribution >= 4 is 35.3 Å². The van der Waals surface area contributed by atoms with Gasteiger partial charge in [-0.3, -0.25) is 14.9 Å². The standard InChI is InChI=1S/C35H49ClN2O9/c1-8-9-10-11-15-30(40)46-28-19-29(39)38(5)24-17-23(18-25(43-6)31(24)36)16-21(2)13-12-14-27(44-7)35(42)20-26(45-33(41)37-35)22(3)32-34(28,4)47-32/h12-14,17-18,22,26-28,32,42H,8-11,15-16,19-20H2,1-7H3,(H,37,41)/b14-12+,21-13+/t22-,26-,27-,28+,32+,34+,35+/m1/s1. The molecule has 0 unspecified atom stereocenters. The van der Waals surface area contributed by atoms with Gasteiger partial charge in [-0.2, -0.15) is 0 Å². The molecule has 1 aromatic carbocycles. The number of rotatable bonds is 8. The first kappa shape index (κ1) is 36.7. The maximum Gasteiger partial charge on any atom is 0.409 e. The summed E-state index contributed by atoms with van der Waals surface area (Å²) in [6, 6.07) is 3.66. The third-order valence-corrected chi connectivity index (χ3v) is 9.84. The number of anilines is 1. The molecule has 4 rings (SSSR count). The van der Waals surface area contributed by atoms with E-state index in [4.69, 9.17) is 35.3 Å². The van der Waals surface area contributed by atoms with Crippen molar-refractivity contribution in [1.29, 1.82) is 0 Å². The second-order valence-corrected chi connectivity index (χ2v) is 13.5. The zero-order valence-electron chi connectivity index (χ0n) is 28.5. The molecule has 2 amide bonds. The Labute approximate surface area is 282 Å². The van der Waals surface area contributed by atoms with Crippen molar-refractivity contribution in [3.05, 3.63) is 46.5 Å². The van der Waals surface area contributed by atoms with Gasteiger partial charge < -0.3 is 33.7 Å². The fourth-order valence-electron chi connectivity index (χ4n) is 6.52. The summed E-state index contributed by atoms with van der Waals surface area (Å²) in [6.45, 7) is 7.68. The van der Waals surface area contributed by atoms with Gasteiger partial charge in [-0.05, 0) is 44.4 Å². The number of hydrogen-bond donors (Lipinski definition) is 2. The lowest BCUT2D eigenvalue weighted by molar-refractivity contribution is -0.154. The zero-order valence-corrected chi connectivity index (χ0v) is 29.2. The highest BCUT2D eigenvalue weighted by Gasteiger charge is 2.64. The number of esters is 1. The maximum atomic E-state index is 13.9. The van der Waals surface area contributed by atoms with Gasteiger partial charge in [-0.25, -0.2) is 4.79 Å². The van der Waals surface area contributed by atoms with Gasteiger partial charge in [0, 0.05) is 32.9 Å². The number of allylic oxidation sites excluding steroid dienone is 3. The molecule has 47 heavy (non-hydrogen) atoms. The lowest BCUT2D eigenvalue weighted by Crippen LogP contribution is -2.63. The van der Waals surface area contributed by atoms with Crippen LogP contribution in [0.2, 0.25) is 5.02 Å². The van der Waals surface area contributed by atoms with Crippen molar-refractivity contribution in [2.45, 2.75) is 115 Å². The van der Waals surface area contributed by atoms with E-state index in [1.54, 1.807) is 26.1 Å². The molecular weight excluding hydrogens is 628 g/mol. The van der Waals surface area contributed by atoms with Gasteiger partial charge in [0.2, 0.25) is 5.91 Å². The molecule has 4 bridgehead atoms. The number of unbranched alkanes of at least 4 members (excludes halogenated alkanes) is 3. The first-order valence-corrected chi connectivity index (χ1v) is 16.7. The summed E-state index contributed by atoms with van der Waals surface area (Å²) < 4.78 is 29.1. The Morgan fingerprint density at radius 3 is 2.64 bits per heavy atom. The smallest absolute Gasteiger partial charge is 0.409 e. The predicted octanol–water partition coefficient (Wildman–Crippen LogP) is 5.64. The SMILES string of the molecule is CCCCCCC(=O)O[C@H]1CC(=O)N(C)c2cc(cc(OC)c2Cl)C/C(C)=C/C=C/[C@@H](OC)[C@@]2(O)C[C@@H](OC(=O)N2)[C@@H](C)[C@@H]2O[C@@]12C. The number of nitrogens with one attached hydrogen (secondary N) is 1. The Morgan fingerprint density at radius 1 is 1.21 bits per heavy atom. The second-order valence-electron chi connectivity index (χ2n) is 13.1. The van der Waals surface area contributed by atoms with Crippen LogP contribution >= 0.6 is 11.6 Å². The van der Waals surface area contributed by atoms with E-state index in [-0.39, 0.29) is 30.2 Å². The molecule has 260 valence electrons. The number of methoxy groups -OCH3 is 2. The topological polar surface area (TPSA) is 136 Å². The molecule has 3 aliphatic rings. The van der Waals surface area contributed by atoms with Crippen LogP contribution in [0.1, 0.15) is 78.2 Å². The highest BCUT2D eigenvalue weighted by molar-refractivity contribution is 6.35. The molecule has 1 aromatic rings. The summed E-state index contributed by atoms with van der Waals surface area (Å²) in [4.78, 5) is 41.2. The van der Waals surface area contributed by atoms with E-state index in [9.17, 15) is 19.5 Å². The number of halogens is 1. The van der Waals surface area contributed by atoms with E-state index in [2.05, 4.69) is 12.2 Å². The van der Waals surface area contributed by atoms with Gasteiger partial charge in [-0.1, -0.05) is 68.5 Å². The van der Waals surface area contributed by atoms with Gasteiger partial charge >= 0.3 is 12.1 Å². The van der Waals surface area contributed by atoms with Crippen molar-refractivity contribution in [3.8, 4) is 5.75 Å². The summed E-state index contributed by atoms with van der Waals surface area (Å²) in [5, 5.41) is 14.5. The molecule has 0 aromatic heterocycles. The first-order valence-electron chi connectivity index (χ1n) is 16.3. The van der Waals surface area contributed by atoms with E-state index in [0.717, 1.165) is 30.4 Å². The third-order valence-electron chi connectivity index (χ3n) is 9.46. The molecule has 2 N–H and O–H groups in total. The molecule has 11 nitrogen and oxygen atoms in total. The van der Waals surface area contributed by atoms with Crippen LogP contribution in [0.25, 0.3) is 0 Å². The quantitative estimate of drug-likeness (QED) is 0.204. The normalized spacial score (nSPS) is 33.1. The highest BCUT2D eigenvalue weighted by Crippen LogP contribution is 2.49. The Hall–Kier alpha value is -3.12. The number of nitrogens with zero attached hydrogens (tertiary/aromatic N) is 1.